The number of methoxy groups -OCH3 is 1. The average Bonchev–Trinajstić information content (AvgIpc) is 3.55. The molecule has 12 heteroatoms. The van der Waals surface area contributed by atoms with Gasteiger partial charge in [-0.25, -0.2) is 9.19 Å². The van der Waals surface area contributed by atoms with Crippen molar-refractivity contribution in [2.24, 2.45) is 16.2 Å². The van der Waals surface area contributed by atoms with Gasteiger partial charge in [0.1, 0.15) is 21.9 Å². The molecule has 10 nitrogen and oxygen atoms in total. The molecular formula is C37H43ClN4O6S. The van der Waals surface area contributed by atoms with Crippen molar-refractivity contribution in [1.82, 2.24) is 9.71 Å². The summed E-state index contributed by atoms with van der Waals surface area (Å²) < 4.78 is 38.6. The lowest BCUT2D eigenvalue weighted by Crippen LogP contribution is -2.49. The Morgan fingerprint density at radius 1 is 1.20 bits per heavy atom. The topological polar surface area (TPSA) is 123 Å². The molecule has 49 heavy (non-hydrogen) atoms. The molecule has 1 saturated carbocycles. The van der Waals surface area contributed by atoms with E-state index in [0.717, 1.165) is 55.9 Å². The zero-order valence-corrected chi connectivity index (χ0v) is 29.3. The van der Waals surface area contributed by atoms with E-state index in [9.17, 15) is 13.8 Å². The molecule has 0 radical (unpaired) electrons. The van der Waals surface area contributed by atoms with Gasteiger partial charge in [0.2, 0.25) is 5.91 Å². The van der Waals surface area contributed by atoms with E-state index >= 15 is 0 Å². The Hall–Kier alpha value is -3.67. The summed E-state index contributed by atoms with van der Waals surface area (Å²) >= 11 is 6.44. The Kier molecular flexibility index (Phi) is 9.86. The van der Waals surface area contributed by atoms with Crippen LogP contribution in [-0.4, -0.2) is 59.7 Å². The number of hydrogen-bond donors (Lipinski definition) is 1. The van der Waals surface area contributed by atoms with Gasteiger partial charge in [-0.15, -0.1) is 4.36 Å². The van der Waals surface area contributed by atoms with Gasteiger partial charge in [0.05, 0.1) is 29.8 Å². The lowest BCUT2D eigenvalue weighted by Gasteiger charge is -2.46. The fourth-order valence-electron chi connectivity index (χ4n) is 7.95. The standard InChI is InChI=1S/C37H43ClN4O6S/c1-46-33-7-3-2-4-17-49(45,40-35(43)15-11-29-21-47-24-39-29)41-36(44)26-9-14-34-32(19-26)42(20-27-8-12-30(27)33)22-37(23-48-34)16-5-6-25-18-28(38)10-13-31(25)37/h3,7,9-10,13-14,18-19,21,24,27,30,33H,2,4-6,8,11-12,15-17,20,22-23H2,1H3,(H,40,41,43,44,45)/b7-3-/t27-,30+,33-,37-,49?/m0/s1. The Bertz CT molecular complexity index is 1850. The summed E-state index contributed by atoms with van der Waals surface area (Å²) in [6, 6.07) is 11.6. The smallest absolute Gasteiger partial charge is 0.286 e. The first-order valence-electron chi connectivity index (χ1n) is 17.2. The molecule has 2 aromatic carbocycles. The SMILES string of the molecule is CO[C@H]1/C=C\CCCS(=O)(NC(=O)CCc2cocn2)=NC(=O)c2ccc3c(c2)N(C[C@@H]2CC[C@H]21)C[C@@]1(CCCc2cc(Cl)ccc21)CO3. The highest BCUT2D eigenvalue weighted by atomic mass is 35.5. The molecule has 3 heterocycles. The summed E-state index contributed by atoms with van der Waals surface area (Å²) in [4.78, 5) is 33.2. The van der Waals surface area contributed by atoms with E-state index in [0.29, 0.717) is 54.7 Å². The van der Waals surface area contributed by atoms with Crippen molar-refractivity contribution in [2.45, 2.75) is 69.3 Å². The zero-order valence-electron chi connectivity index (χ0n) is 27.8. The van der Waals surface area contributed by atoms with Crippen molar-refractivity contribution in [3.8, 4) is 5.75 Å². The number of hydrogen-bond acceptors (Lipinski definition) is 8. The number of carbonyl (C=O) groups is 2. The van der Waals surface area contributed by atoms with Crippen LogP contribution in [0.1, 0.15) is 72.1 Å². The van der Waals surface area contributed by atoms with Crippen molar-refractivity contribution < 1.29 is 27.7 Å². The highest BCUT2D eigenvalue weighted by Gasteiger charge is 2.44. The number of amides is 2. The maximum Gasteiger partial charge on any atom is 0.286 e. The van der Waals surface area contributed by atoms with Crippen molar-refractivity contribution in [1.29, 1.82) is 0 Å². The summed E-state index contributed by atoms with van der Waals surface area (Å²) in [6.07, 6.45) is 13.5. The maximum absolute atomic E-state index is 14.2. The number of anilines is 1. The van der Waals surface area contributed by atoms with E-state index in [1.807, 2.05) is 18.2 Å². The van der Waals surface area contributed by atoms with Gasteiger partial charge in [-0.2, -0.15) is 0 Å². The predicted molar refractivity (Wildman–Crippen MR) is 188 cm³/mol. The third-order valence-electron chi connectivity index (χ3n) is 10.6. The molecule has 1 N–H and O–H groups in total. The second kappa shape index (κ2) is 14.3. The number of ether oxygens (including phenoxy) is 2. The van der Waals surface area contributed by atoms with Gasteiger partial charge in [0, 0.05) is 49.0 Å². The average molecular weight is 707 g/mol. The van der Waals surface area contributed by atoms with Crippen molar-refractivity contribution >= 4 is 39.0 Å². The Labute approximate surface area is 292 Å². The quantitative estimate of drug-likeness (QED) is 0.300. The highest BCUT2D eigenvalue weighted by molar-refractivity contribution is 7.92. The van der Waals surface area contributed by atoms with Crippen LogP contribution in [0.5, 0.6) is 5.75 Å². The molecule has 260 valence electrons. The van der Waals surface area contributed by atoms with E-state index in [1.165, 1.54) is 23.8 Å². The van der Waals surface area contributed by atoms with Gasteiger partial charge in [-0.05, 0) is 98.2 Å². The van der Waals surface area contributed by atoms with Crippen LogP contribution in [-0.2, 0) is 37.7 Å². The molecule has 4 aliphatic rings. The molecule has 1 fully saturated rings. The normalized spacial score (nSPS) is 29.0. The monoisotopic (exact) mass is 706 g/mol. The van der Waals surface area contributed by atoms with Crippen molar-refractivity contribution in [3.05, 3.63) is 88.6 Å². The van der Waals surface area contributed by atoms with Gasteiger partial charge in [0.25, 0.3) is 5.91 Å². The number of benzene rings is 2. The molecular weight excluding hydrogens is 664 g/mol. The third kappa shape index (κ3) is 7.30. The Morgan fingerprint density at radius 3 is 2.90 bits per heavy atom. The number of nitrogens with one attached hydrogen (secondary N) is 1. The minimum Gasteiger partial charge on any atom is -0.490 e. The van der Waals surface area contributed by atoms with Gasteiger partial charge in [0.15, 0.2) is 6.39 Å². The number of nitrogens with zero attached hydrogens (tertiary/aromatic N) is 3. The minimum atomic E-state index is -3.42. The summed E-state index contributed by atoms with van der Waals surface area (Å²) in [7, 11) is -1.66. The molecule has 1 aromatic heterocycles. The van der Waals surface area contributed by atoms with Crippen LogP contribution in [0, 0.1) is 11.8 Å². The Morgan fingerprint density at radius 2 is 2.10 bits per heavy atom. The number of rotatable bonds is 5. The number of carbonyl (C=O) groups excluding carboxylic acids is 2. The lowest BCUT2D eigenvalue weighted by atomic mass is 9.68. The summed E-state index contributed by atoms with van der Waals surface area (Å²) in [6.45, 7) is 2.01. The molecule has 3 aromatic rings. The van der Waals surface area contributed by atoms with Crippen LogP contribution in [0.3, 0.4) is 0 Å². The Balaban J connectivity index is 1.25. The van der Waals surface area contributed by atoms with E-state index in [1.54, 1.807) is 13.2 Å². The fraction of sp³-hybridized carbons (Fsp3) is 0.486. The van der Waals surface area contributed by atoms with E-state index < -0.39 is 21.7 Å². The molecule has 5 atom stereocenters. The molecule has 2 aliphatic carbocycles. The zero-order chi connectivity index (χ0) is 34.0. The molecule has 2 amide bonds. The number of aromatic nitrogens is 1. The molecule has 2 aliphatic heterocycles. The van der Waals surface area contributed by atoms with Crippen LogP contribution in [0.25, 0.3) is 0 Å². The summed E-state index contributed by atoms with van der Waals surface area (Å²) in [5.74, 6) is 0.388. The summed E-state index contributed by atoms with van der Waals surface area (Å²) in [5, 5.41) is 0.740. The lowest BCUT2D eigenvalue weighted by molar-refractivity contribution is -0.119. The van der Waals surface area contributed by atoms with Gasteiger partial charge in [-0.1, -0.05) is 29.8 Å². The molecule has 1 spiro atoms. The second-order valence-electron chi connectivity index (χ2n) is 13.8. The van der Waals surface area contributed by atoms with Gasteiger partial charge >= 0.3 is 0 Å². The van der Waals surface area contributed by atoms with Crippen molar-refractivity contribution in [2.75, 3.05) is 37.5 Å². The minimum absolute atomic E-state index is 0.0352. The van der Waals surface area contributed by atoms with E-state index in [4.69, 9.17) is 25.5 Å². The molecule has 0 saturated heterocycles. The van der Waals surface area contributed by atoms with Gasteiger partial charge in [-0.3, -0.25) is 14.3 Å². The molecule has 1 unspecified atom stereocenters. The largest absolute Gasteiger partial charge is 0.490 e. The van der Waals surface area contributed by atoms with Crippen LogP contribution in [0.4, 0.5) is 5.69 Å². The van der Waals surface area contributed by atoms with Crippen molar-refractivity contribution in [3.63, 3.8) is 0 Å². The van der Waals surface area contributed by atoms with E-state index in [-0.39, 0.29) is 23.7 Å². The van der Waals surface area contributed by atoms with Crippen LogP contribution >= 0.6 is 11.6 Å². The summed E-state index contributed by atoms with van der Waals surface area (Å²) in [5.41, 5.74) is 4.02. The number of allylic oxidation sites excluding steroid dienone is 1. The maximum atomic E-state index is 14.2. The first-order valence-corrected chi connectivity index (χ1v) is 19.3. The predicted octanol–water partition coefficient (Wildman–Crippen LogP) is 6.46. The first-order chi connectivity index (χ1) is 23.7. The second-order valence-corrected chi connectivity index (χ2v) is 16.3. The molecule has 7 rings (SSSR count). The molecule has 2 bridgehead atoms. The van der Waals surface area contributed by atoms with Crippen LogP contribution < -0.4 is 14.4 Å². The fourth-order valence-corrected chi connectivity index (χ4v) is 9.77. The number of halogens is 1. The first kappa shape index (κ1) is 33.8. The third-order valence-corrected chi connectivity index (χ3v) is 12.7. The number of fused-ring (bicyclic) bond motifs is 4. The number of oxazole rings is 1. The van der Waals surface area contributed by atoms with E-state index in [2.05, 4.69) is 43.3 Å². The highest BCUT2D eigenvalue weighted by Crippen LogP contribution is 2.47. The van der Waals surface area contributed by atoms with Gasteiger partial charge < -0.3 is 18.8 Å². The van der Waals surface area contributed by atoms with Crippen LogP contribution in [0.2, 0.25) is 5.02 Å². The number of aryl methyl sites for hydroxylation is 2. The van der Waals surface area contributed by atoms with Crippen LogP contribution in [0.15, 0.2) is 70.0 Å².